The first-order valence-electron chi connectivity index (χ1n) is 8.65. The molecule has 0 saturated carbocycles. The van der Waals surface area contributed by atoms with Gasteiger partial charge in [0, 0.05) is 22.4 Å². The molecule has 0 heterocycles. The Kier molecular flexibility index (Phi) is 6.45. The Morgan fingerprint density at radius 1 is 1.00 bits per heavy atom. The molecule has 2 aromatic rings. The number of carbonyl (C=O) groups excluding carboxylic acids is 2. The number of rotatable bonds is 6. The van der Waals surface area contributed by atoms with Crippen LogP contribution >= 0.6 is 0 Å². The van der Waals surface area contributed by atoms with Crippen molar-refractivity contribution in [1.29, 1.82) is 0 Å². The van der Waals surface area contributed by atoms with E-state index in [1.807, 2.05) is 20.8 Å². The summed E-state index contributed by atoms with van der Waals surface area (Å²) in [6.07, 6.45) is 0.124. The van der Waals surface area contributed by atoms with Gasteiger partial charge in [-0.25, -0.2) is 0 Å². The Morgan fingerprint density at radius 2 is 1.74 bits per heavy atom. The number of hydrogen-bond acceptors (Lipinski definition) is 4. The second kappa shape index (κ2) is 8.58. The van der Waals surface area contributed by atoms with Crippen LogP contribution in [0.3, 0.4) is 0 Å². The first kappa shape index (κ1) is 20.3. The van der Waals surface area contributed by atoms with E-state index in [0.717, 1.165) is 5.56 Å². The highest BCUT2D eigenvalue weighted by molar-refractivity contribution is 5.98. The third kappa shape index (κ3) is 6.02. The van der Waals surface area contributed by atoms with Gasteiger partial charge in [-0.15, -0.1) is 0 Å². The molecular weight excluding hydrogens is 344 g/mol. The summed E-state index contributed by atoms with van der Waals surface area (Å²) in [6.45, 7) is 5.74. The average molecular weight is 370 g/mol. The van der Waals surface area contributed by atoms with Gasteiger partial charge in [0.15, 0.2) is 0 Å². The molecule has 0 unspecified atom stereocenters. The third-order valence-corrected chi connectivity index (χ3v) is 3.74. The molecule has 0 fully saturated rings. The van der Waals surface area contributed by atoms with Crippen LogP contribution in [0, 0.1) is 0 Å². The van der Waals surface area contributed by atoms with Gasteiger partial charge < -0.3 is 20.1 Å². The molecule has 0 bridgehead atoms. The van der Waals surface area contributed by atoms with Gasteiger partial charge in [0.05, 0.1) is 20.6 Å². The lowest BCUT2D eigenvalue weighted by atomic mass is 10.1. The molecule has 0 aliphatic heterocycles. The fraction of sp³-hybridized carbons (Fsp3) is 0.333. The van der Waals surface area contributed by atoms with E-state index in [1.54, 1.807) is 56.7 Å². The van der Waals surface area contributed by atoms with E-state index in [4.69, 9.17) is 9.47 Å². The van der Waals surface area contributed by atoms with Crippen molar-refractivity contribution in [2.75, 3.05) is 19.5 Å². The van der Waals surface area contributed by atoms with E-state index in [0.29, 0.717) is 22.7 Å². The lowest BCUT2D eigenvalue weighted by Crippen LogP contribution is -2.40. The maximum absolute atomic E-state index is 12.5. The summed E-state index contributed by atoms with van der Waals surface area (Å²) in [7, 11) is 3.13. The number of ether oxygens (including phenoxy) is 2. The minimum absolute atomic E-state index is 0.124. The van der Waals surface area contributed by atoms with E-state index in [-0.39, 0.29) is 23.8 Å². The molecule has 144 valence electrons. The number of hydrogen-bond donors (Lipinski definition) is 2. The standard InChI is InChI=1S/C21H26N2O4/c1-21(2,3)23-20(25)14-7-6-8-16(11-14)22-19(24)13-15-12-17(26-4)9-10-18(15)27-5/h6-12H,13H2,1-5H3,(H,22,24)(H,23,25). The first-order valence-corrected chi connectivity index (χ1v) is 8.65. The molecule has 2 amide bonds. The maximum atomic E-state index is 12.5. The lowest BCUT2D eigenvalue weighted by molar-refractivity contribution is -0.115. The summed E-state index contributed by atoms with van der Waals surface area (Å²) in [5.74, 6) is 0.867. The van der Waals surface area contributed by atoms with Gasteiger partial charge in [-0.1, -0.05) is 6.07 Å². The first-order chi connectivity index (χ1) is 12.7. The molecule has 2 N–H and O–H groups in total. The predicted molar refractivity (Wildman–Crippen MR) is 106 cm³/mol. The van der Waals surface area contributed by atoms with Crippen LogP contribution < -0.4 is 20.1 Å². The number of benzene rings is 2. The highest BCUT2D eigenvalue weighted by Crippen LogP contribution is 2.24. The quantitative estimate of drug-likeness (QED) is 0.817. The minimum atomic E-state index is -0.334. The smallest absolute Gasteiger partial charge is 0.251 e. The van der Waals surface area contributed by atoms with Gasteiger partial charge in [0.2, 0.25) is 5.91 Å². The lowest BCUT2D eigenvalue weighted by Gasteiger charge is -2.20. The van der Waals surface area contributed by atoms with Crippen LogP contribution in [0.1, 0.15) is 36.7 Å². The Bertz CT molecular complexity index is 825. The third-order valence-electron chi connectivity index (χ3n) is 3.74. The number of anilines is 1. The highest BCUT2D eigenvalue weighted by Gasteiger charge is 2.16. The van der Waals surface area contributed by atoms with Gasteiger partial charge in [0.1, 0.15) is 11.5 Å². The maximum Gasteiger partial charge on any atom is 0.251 e. The molecule has 6 heteroatoms. The van der Waals surface area contributed by atoms with Crippen molar-refractivity contribution < 1.29 is 19.1 Å². The fourth-order valence-corrected chi connectivity index (χ4v) is 2.55. The normalized spacial score (nSPS) is 10.9. The Morgan fingerprint density at radius 3 is 2.37 bits per heavy atom. The van der Waals surface area contributed by atoms with Gasteiger partial charge in [-0.3, -0.25) is 9.59 Å². The van der Waals surface area contributed by atoms with Crippen molar-refractivity contribution in [2.24, 2.45) is 0 Å². The molecule has 0 saturated heterocycles. The van der Waals surface area contributed by atoms with E-state index in [1.165, 1.54) is 0 Å². The van der Waals surface area contributed by atoms with Crippen LogP contribution in [0.4, 0.5) is 5.69 Å². The largest absolute Gasteiger partial charge is 0.497 e. The second-order valence-corrected chi connectivity index (χ2v) is 7.19. The van der Waals surface area contributed by atoms with Gasteiger partial charge in [-0.2, -0.15) is 0 Å². The predicted octanol–water partition coefficient (Wildman–Crippen LogP) is 3.41. The average Bonchev–Trinajstić information content (AvgIpc) is 2.60. The van der Waals surface area contributed by atoms with E-state index < -0.39 is 0 Å². The van der Waals surface area contributed by atoms with Crippen LogP contribution in [0.5, 0.6) is 11.5 Å². The molecule has 2 aromatic carbocycles. The molecule has 0 spiro atoms. The van der Waals surface area contributed by atoms with Crippen molar-refractivity contribution in [3.8, 4) is 11.5 Å². The molecule has 6 nitrogen and oxygen atoms in total. The van der Waals surface area contributed by atoms with Crippen LogP contribution in [-0.4, -0.2) is 31.6 Å². The summed E-state index contributed by atoms with van der Waals surface area (Å²) in [6, 6.07) is 12.2. The molecule has 0 aromatic heterocycles. The van der Waals surface area contributed by atoms with Crippen molar-refractivity contribution in [3.63, 3.8) is 0 Å². The topological polar surface area (TPSA) is 76.7 Å². The van der Waals surface area contributed by atoms with Gasteiger partial charge in [-0.05, 0) is 57.2 Å². The van der Waals surface area contributed by atoms with E-state index >= 15 is 0 Å². The summed E-state index contributed by atoms with van der Waals surface area (Å²) in [5.41, 5.74) is 1.43. The molecule has 27 heavy (non-hydrogen) atoms. The molecule has 0 radical (unpaired) electrons. The number of methoxy groups -OCH3 is 2. The minimum Gasteiger partial charge on any atom is -0.497 e. The molecular formula is C21H26N2O4. The monoisotopic (exact) mass is 370 g/mol. The highest BCUT2D eigenvalue weighted by atomic mass is 16.5. The summed E-state index contributed by atoms with van der Waals surface area (Å²) in [5, 5.41) is 5.72. The second-order valence-electron chi connectivity index (χ2n) is 7.19. The van der Waals surface area contributed by atoms with Crippen molar-refractivity contribution in [1.82, 2.24) is 5.32 Å². The summed E-state index contributed by atoms with van der Waals surface area (Å²) in [4.78, 5) is 24.7. The van der Waals surface area contributed by atoms with Crippen LogP contribution in [0.2, 0.25) is 0 Å². The number of carbonyl (C=O) groups is 2. The van der Waals surface area contributed by atoms with Gasteiger partial charge in [0.25, 0.3) is 5.91 Å². The van der Waals surface area contributed by atoms with Gasteiger partial charge >= 0.3 is 0 Å². The molecule has 0 aliphatic carbocycles. The van der Waals surface area contributed by atoms with E-state index in [9.17, 15) is 9.59 Å². The molecule has 0 atom stereocenters. The van der Waals surface area contributed by atoms with Crippen LogP contribution in [0.25, 0.3) is 0 Å². The van der Waals surface area contributed by atoms with Crippen LogP contribution in [-0.2, 0) is 11.2 Å². The molecule has 2 rings (SSSR count). The Hall–Kier alpha value is -3.02. The number of amides is 2. The van der Waals surface area contributed by atoms with Crippen molar-refractivity contribution >= 4 is 17.5 Å². The zero-order valence-electron chi connectivity index (χ0n) is 16.4. The fourth-order valence-electron chi connectivity index (χ4n) is 2.55. The molecule has 0 aliphatic rings. The number of nitrogens with one attached hydrogen (secondary N) is 2. The van der Waals surface area contributed by atoms with E-state index in [2.05, 4.69) is 10.6 Å². The Balaban J connectivity index is 2.10. The zero-order chi connectivity index (χ0) is 20.0. The SMILES string of the molecule is COc1ccc(OC)c(CC(=O)Nc2cccc(C(=O)NC(C)(C)C)c2)c1. The van der Waals surface area contributed by atoms with Crippen LogP contribution in [0.15, 0.2) is 42.5 Å². The summed E-state index contributed by atoms with van der Waals surface area (Å²) >= 11 is 0. The van der Waals surface area contributed by atoms with Crippen molar-refractivity contribution in [3.05, 3.63) is 53.6 Å². The zero-order valence-corrected chi connectivity index (χ0v) is 16.4. The summed E-state index contributed by atoms with van der Waals surface area (Å²) < 4.78 is 10.5. The van der Waals surface area contributed by atoms with Crippen molar-refractivity contribution in [2.45, 2.75) is 32.7 Å². The Labute approximate surface area is 159 Å².